The Labute approximate surface area is 118 Å². The van der Waals surface area contributed by atoms with Crippen LogP contribution in [0.15, 0.2) is 24.3 Å². The van der Waals surface area contributed by atoms with E-state index >= 15 is 0 Å². The number of amides is 1. The van der Waals surface area contributed by atoms with Crippen LogP contribution in [0.3, 0.4) is 0 Å². The van der Waals surface area contributed by atoms with Crippen LogP contribution in [-0.4, -0.2) is 44.9 Å². The average molecular weight is 276 g/mol. The summed E-state index contributed by atoms with van der Waals surface area (Å²) >= 11 is 0. The summed E-state index contributed by atoms with van der Waals surface area (Å²) in [6.45, 7) is 4.08. The number of morpholine rings is 1. The molecule has 2 saturated heterocycles. The van der Waals surface area contributed by atoms with Crippen LogP contribution in [0.25, 0.3) is 0 Å². The zero-order valence-electron chi connectivity index (χ0n) is 11.5. The first kappa shape index (κ1) is 13.4. The fourth-order valence-corrected chi connectivity index (χ4v) is 2.58. The lowest BCUT2D eigenvalue weighted by Gasteiger charge is -2.28. The Morgan fingerprint density at radius 3 is 2.55 bits per heavy atom. The number of rotatable bonds is 3. The molecule has 0 saturated carbocycles. The molecule has 20 heavy (non-hydrogen) atoms. The van der Waals surface area contributed by atoms with Gasteiger partial charge < -0.3 is 19.7 Å². The van der Waals surface area contributed by atoms with Crippen LogP contribution in [0.2, 0.25) is 0 Å². The summed E-state index contributed by atoms with van der Waals surface area (Å²) < 4.78 is 10.7. The van der Waals surface area contributed by atoms with E-state index < -0.39 is 0 Å². The summed E-state index contributed by atoms with van der Waals surface area (Å²) in [5.74, 6) is -0.0402. The molecule has 2 heterocycles. The van der Waals surface area contributed by atoms with Gasteiger partial charge in [0.2, 0.25) is 0 Å². The Bertz CT molecular complexity index is 449. The Hall–Kier alpha value is -1.59. The zero-order valence-corrected chi connectivity index (χ0v) is 11.5. The lowest BCUT2D eigenvalue weighted by molar-refractivity contribution is -0.124. The number of ether oxygens (including phenoxy) is 2. The molecule has 0 radical (unpaired) electrons. The number of benzene rings is 1. The predicted molar refractivity (Wildman–Crippen MR) is 77.1 cm³/mol. The third kappa shape index (κ3) is 3.11. The van der Waals surface area contributed by atoms with Crippen LogP contribution in [0.1, 0.15) is 12.8 Å². The first-order chi connectivity index (χ1) is 9.83. The summed E-state index contributed by atoms with van der Waals surface area (Å²) in [4.78, 5) is 14.2. The van der Waals surface area contributed by atoms with Crippen molar-refractivity contribution >= 4 is 17.3 Å². The van der Waals surface area contributed by atoms with Crippen LogP contribution >= 0.6 is 0 Å². The average Bonchev–Trinajstić information content (AvgIpc) is 3.03. The second-order valence-electron chi connectivity index (χ2n) is 5.14. The summed E-state index contributed by atoms with van der Waals surface area (Å²) in [7, 11) is 0. The van der Waals surface area contributed by atoms with Crippen molar-refractivity contribution in [3.8, 4) is 0 Å². The van der Waals surface area contributed by atoms with Crippen LogP contribution in [-0.2, 0) is 14.3 Å². The van der Waals surface area contributed by atoms with E-state index in [0.717, 1.165) is 44.8 Å². The molecule has 2 aliphatic heterocycles. The molecule has 0 bridgehead atoms. The molecular formula is C15H20N2O3. The van der Waals surface area contributed by atoms with Crippen LogP contribution in [0.5, 0.6) is 0 Å². The molecule has 2 fully saturated rings. The Kier molecular flexibility index (Phi) is 4.18. The van der Waals surface area contributed by atoms with Gasteiger partial charge in [-0.1, -0.05) is 0 Å². The third-order valence-electron chi connectivity index (χ3n) is 3.73. The van der Waals surface area contributed by atoms with Crippen molar-refractivity contribution in [2.75, 3.05) is 43.1 Å². The molecule has 0 aromatic heterocycles. The van der Waals surface area contributed by atoms with Gasteiger partial charge in [-0.05, 0) is 37.1 Å². The lowest BCUT2D eigenvalue weighted by atomic mass is 10.2. The summed E-state index contributed by atoms with van der Waals surface area (Å²) in [5, 5.41) is 2.91. The molecule has 0 spiro atoms. The largest absolute Gasteiger partial charge is 0.378 e. The number of hydrogen-bond acceptors (Lipinski definition) is 4. The van der Waals surface area contributed by atoms with Crippen molar-refractivity contribution in [2.45, 2.75) is 18.9 Å². The summed E-state index contributed by atoms with van der Waals surface area (Å²) in [6.07, 6.45) is 1.50. The van der Waals surface area contributed by atoms with Crippen molar-refractivity contribution in [1.82, 2.24) is 0 Å². The minimum absolute atomic E-state index is 0.0402. The molecular weight excluding hydrogens is 256 g/mol. The van der Waals surface area contributed by atoms with Crippen molar-refractivity contribution < 1.29 is 14.3 Å². The normalized spacial score (nSPS) is 22.8. The van der Waals surface area contributed by atoms with E-state index in [1.807, 2.05) is 24.3 Å². The van der Waals surface area contributed by atoms with Gasteiger partial charge in [0, 0.05) is 31.1 Å². The fraction of sp³-hybridized carbons (Fsp3) is 0.533. The van der Waals surface area contributed by atoms with Gasteiger partial charge in [-0.3, -0.25) is 4.79 Å². The van der Waals surface area contributed by atoms with Gasteiger partial charge in [-0.25, -0.2) is 0 Å². The molecule has 3 rings (SSSR count). The first-order valence-electron chi connectivity index (χ1n) is 7.18. The van der Waals surface area contributed by atoms with E-state index in [2.05, 4.69) is 10.2 Å². The highest BCUT2D eigenvalue weighted by Gasteiger charge is 2.23. The highest BCUT2D eigenvalue weighted by Crippen LogP contribution is 2.20. The molecule has 1 aromatic carbocycles. The standard InChI is InChI=1S/C15H20N2O3/c18-15(14-2-1-9-20-14)16-12-3-5-13(6-4-12)17-7-10-19-11-8-17/h3-6,14H,1-2,7-11H2,(H,16,18)/t14-/m1/s1. The molecule has 1 aromatic rings. The highest BCUT2D eigenvalue weighted by molar-refractivity contribution is 5.94. The molecule has 5 nitrogen and oxygen atoms in total. The second-order valence-corrected chi connectivity index (χ2v) is 5.14. The van der Waals surface area contributed by atoms with Crippen LogP contribution in [0, 0.1) is 0 Å². The van der Waals surface area contributed by atoms with Crippen LogP contribution in [0.4, 0.5) is 11.4 Å². The van der Waals surface area contributed by atoms with Crippen molar-refractivity contribution in [2.24, 2.45) is 0 Å². The number of carbonyl (C=O) groups is 1. The second kappa shape index (κ2) is 6.24. The maximum Gasteiger partial charge on any atom is 0.253 e. The van der Waals surface area contributed by atoms with Gasteiger partial charge in [0.15, 0.2) is 0 Å². The van der Waals surface area contributed by atoms with E-state index in [4.69, 9.17) is 9.47 Å². The maximum atomic E-state index is 11.9. The van der Waals surface area contributed by atoms with Crippen molar-refractivity contribution in [1.29, 1.82) is 0 Å². The van der Waals surface area contributed by atoms with E-state index in [-0.39, 0.29) is 12.0 Å². The minimum atomic E-state index is -0.283. The number of nitrogens with one attached hydrogen (secondary N) is 1. The van der Waals surface area contributed by atoms with Gasteiger partial charge >= 0.3 is 0 Å². The Balaban J connectivity index is 1.59. The van der Waals surface area contributed by atoms with Gasteiger partial charge in [0.1, 0.15) is 6.10 Å². The molecule has 1 N–H and O–H groups in total. The molecule has 2 aliphatic rings. The van der Waals surface area contributed by atoms with Gasteiger partial charge in [-0.2, -0.15) is 0 Å². The van der Waals surface area contributed by atoms with Crippen molar-refractivity contribution in [3.05, 3.63) is 24.3 Å². The lowest BCUT2D eigenvalue weighted by Crippen LogP contribution is -2.36. The number of carbonyl (C=O) groups excluding carboxylic acids is 1. The first-order valence-corrected chi connectivity index (χ1v) is 7.18. The molecule has 1 atom stereocenters. The van der Waals surface area contributed by atoms with Gasteiger partial charge in [-0.15, -0.1) is 0 Å². The SMILES string of the molecule is O=C(Nc1ccc(N2CCOCC2)cc1)[C@H]1CCCO1. The molecule has 1 amide bonds. The maximum absolute atomic E-state index is 11.9. The highest BCUT2D eigenvalue weighted by atomic mass is 16.5. The molecule has 108 valence electrons. The Morgan fingerprint density at radius 2 is 1.90 bits per heavy atom. The van der Waals surface area contributed by atoms with E-state index in [9.17, 15) is 4.79 Å². The zero-order chi connectivity index (χ0) is 13.8. The minimum Gasteiger partial charge on any atom is -0.378 e. The molecule has 5 heteroatoms. The van der Waals surface area contributed by atoms with E-state index in [1.165, 1.54) is 5.69 Å². The quantitative estimate of drug-likeness (QED) is 0.912. The number of nitrogens with zero attached hydrogens (tertiary/aromatic N) is 1. The smallest absolute Gasteiger partial charge is 0.253 e. The predicted octanol–water partition coefficient (Wildman–Crippen LogP) is 1.64. The topological polar surface area (TPSA) is 50.8 Å². The van der Waals surface area contributed by atoms with E-state index in [0.29, 0.717) is 6.61 Å². The molecule has 0 aliphatic carbocycles. The Morgan fingerprint density at radius 1 is 1.15 bits per heavy atom. The van der Waals surface area contributed by atoms with Crippen molar-refractivity contribution in [3.63, 3.8) is 0 Å². The monoisotopic (exact) mass is 276 g/mol. The number of hydrogen-bond donors (Lipinski definition) is 1. The van der Waals surface area contributed by atoms with E-state index in [1.54, 1.807) is 0 Å². The summed E-state index contributed by atoms with van der Waals surface area (Å²) in [6, 6.07) is 7.96. The third-order valence-corrected chi connectivity index (χ3v) is 3.73. The number of anilines is 2. The fourth-order valence-electron chi connectivity index (χ4n) is 2.58. The van der Waals surface area contributed by atoms with Gasteiger partial charge in [0.05, 0.1) is 13.2 Å². The van der Waals surface area contributed by atoms with Gasteiger partial charge in [0.25, 0.3) is 5.91 Å². The van der Waals surface area contributed by atoms with Crippen LogP contribution < -0.4 is 10.2 Å². The summed E-state index contributed by atoms with van der Waals surface area (Å²) in [5.41, 5.74) is 1.99. The molecule has 0 unspecified atom stereocenters.